The van der Waals surface area contributed by atoms with Crippen LogP contribution in [0.2, 0.25) is 0 Å². The number of carbonyl (C=O) groups is 2. The highest BCUT2D eigenvalue weighted by Gasteiger charge is 2.33. The molecule has 0 fully saturated rings. The molecule has 2 amide bonds. The van der Waals surface area contributed by atoms with Crippen molar-refractivity contribution in [2.45, 2.75) is 84.3 Å². The van der Waals surface area contributed by atoms with E-state index in [2.05, 4.69) is 19.2 Å². The normalized spacial score (nSPS) is 12.6. The van der Waals surface area contributed by atoms with Crippen molar-refractivity contribution in [3.63, 3.8) is 0 Å². The van der Waals surface area contributed by atoms with Crippen LogP contribution in [-0.4, -0.2) is 43.3 Å². The predicted molar refractivity (Wildman–Crippen MR) is 165 cm³/mol. The monoisotopic (exact) mass is 577 g/mol. The fourth-order valence-corrected chi connectivity index (χ4v) is 5.75. The zero-order chi connectivity index (χ0) is 30.5. The van der Waals surface area contributed by atoms with Crippen LogP contribution < -0.4 is 9.62 Å². The highest BCUT2D eigenvalue weighted by Crippen LogP contribution is 2.27. The molecule has 1 atom stereocenters. The van der Waals surface area contributed by atoms with Crippen LogP contribution in [0.4, 0.5) is 5.69 Å². The average Bonchev–Trinajstić information content (AvgIpc) is 2.90. The minimum atomic E-state index is -4.10. The molecule has 0 heterocycles. The Labute approximate surface area is 245 Å². The summed E-state index contributed by atoms with van der Waals surface area (Å²) in [5.41, 5.74) is 3.78. The van der Waals surface area contributed by atoms with Crippen molar-refractivity contribution in [3.8, 4) is 0 Å². The molecule has 1 N–H and O–H groups in total. The third-order valence-electron chi connectivity index (χ3n) is 6.87. The number of carbonyl (C=O) groups excluding carboxylic acids is 2. The Hall–Kier alpha value is -3.65. The summed E-state index contributed by atoms with van der Waals surface area (Å²) >= 11 is 0. The van der Waals surface area contributed by atoms with Crippen LogP contribution in [0, 0.1) is 13.8 Å². The Bertz CT molecular complexity index is 1440. The smallest absolute Gasteiger partial charge is 0.264 e. The largest absolute Gasteiger partial charge is 0.350 e. The Morgan fingerprint density at radius 1 is 0.805 bits per heavy atom. The second kappa shape index (κ2) is 12.9. The molecule has 0 aromatic heterocycles. The molecule has 3 rings (SSSR count). The van der Waals surface area contributed by atoms with Crippen LogP contribution in [0.3, 0.4) is 0 Å². The van der Waals surface area contributed by atoms with Gasteiger partial charge in [0, 0.05) is 12.1 Å². The Morgan fingerprint density at radius 2 is 1.32 bits per heavy atom. The number of nitrogens with one attached hydrogen (secondary N) is 1. The molecule has 3 aromatic carbocycles. The number of rotatable bonds is 10. The maximum absolute atomic E-state index is 14.1. The van der Waals surface area contributed by atoms with Gasteiger partial charge in [0.05, 0.1) is 10.6 Å². The number of amides is 2. The number of sulfonamides is 1. The van der Waals surface area contributed by atoms with Crippen LogP contribution in [0.1, 0.15) is 69.7 Å². The molecule has 0 saturated heterocycles. The summed E-state index contributed by atoms with van der Waals surface area (Å²) in [5, 5.41) is 2.95. The number of hydrogen-bond acceptors (Lipinski definition) is 4. The van der Waals surface area contributed by atoms with E-state index in [1.807, 2.05) is 71.0 Å². The summed E-state index contributed by atoms with van der Waals surface area (Å²) in [6, 6.07) is 20.7. The van der Waals surface area contributed by atoms with Crippen LogP contribution in [-0.2, 0) is 26.2 Å². The second-order valence-electron chi connectivity index (χ2n) is 12.0. The summed E-state index contributed by atoms with van der Waals surface area (Å²) in [7, 11) is -4.10. The molecule has 0 spiro atoms. The van der Waals surface area contributed by atoms with E-state index in [0.29, 0.717) is 5.69 Å². The molecule has 0 aliphatic rings. The van der Waals surface area contributed by atoms with Gasteiger partial charge >= 0.3 is 0 Å². The molecule has 7 nitrogen and oxygen atoms in total. The first-order valence-electron chi connectivity index (χ1n) is 13.9. The number of anilines is 1. The van der Waals surface area contributed by atoms with E-state index >= 15 is 0 Å². The van der Waals surface area contributed by atoms with E-state index in [1.165, 1.54) is 4.90 Å². The van der Waals surface area contributed by atoms with Crippen molar-refractivity contribution >= 4 is 27.5 Å². The van der Waals surface area contributed by atoms with E-state index in [-0.39, 0.29) is 23.3 Å². The molecule has 41 heavy (non-hydrogen) atoms. The number of hydrogen-bond donors (Lipinski definition) is 1. The number of nitrogens with zero attached hydrogens (tertiary/aromatic N) is 2. The van der Waals surface area contributed by atoms with Gasteiger partial charge in [-0.05, 0) is 82.9 Å². The SMILES string of the molecule is Cc1ccc(CN(C(=O)CN(c2ccc(C(C)C)cc2)S(=O)(=O)c2ccc(C)cc2)C(C)C(=O)NC(C)(C)C)cc1. The van der Waals surface area contributed by atoms with E-state index < -0.39 is 34.1 Å². The van der Waals surface area contributed by atoms with Gasteiger partial charge in [0.1, 0.15) is 12.6 Å². The lowest BCUT2D eigenvalue weighted by Gasteiger charge is -2.33. The molecule has 0 aliphatic carbocycles. The lowest BCUT2D eigenvalue weighted by Crippen LogP contribution is -2.54. The Morgan fingerprint density at radius 3 is 1.80 bits per heavy atom. The van der Waals surface area contributed by atoms with Gasteiger partial charge in [0.15, 0.2) is 0 Å². The summed E-state index contributed by atoms with van der Waals surface area (Å²) in [5.74, 6) is -0.530. The van der Waals surface area contributed by atoms with E-state index in [0.717, 1.165) is 26.6 Å². The first-order chi connectivity index (χ1) is 19.1. The molecule has 220 valence electrons. The first kappa shape index (κ1) is 31.9. The Balaban J connectivity index is 2.05. The number of aryl methyl sites for hydroxylation is 2. The summed E-state index contributed by atoms with van der Waals surface area (Å²) in [6.45, 7) is 15.0. The van der Waals surface area contributed by atoms with Crippen molar-refractivity contribution in [2.24, 2.45) is 0 Å². The van der Waals surface area contributed by atoms with Crippen molar-refractivity contribution in [3.05, 3.63) is 95.1 Å². The van der Waals surface area contributed by atoms with Gasteiger partial charge in [-0.25, -0.2) is 8.42 Å². The lowest BCUT2D eigenvalue weighted by atomic mass is 10.0. The third-order valence-corrected chi connectivity index (χ3v) is 8.66. The number of benzene rings is 3. The van der Waals surface area contributed by atoms with Gasteiger partial charge in [0.25, 0.3) is 10.0 Å². The maximum atomic E-state index is 14.1. The van der Waals surface area contributed by atoms with Crippen LogP contribution in [0.15, 0.2) is 77.7 Å². The zero-order valence-electron chi connectivity index (χ0n) is 25.4. The fraction of sp³-hybridized carbons (Fsp3) is 0.394. The van der Waals surface area contributed by atoms with Crippen molar-refractivity contribution < 1.29 is 18.0 Å². The average molecular weight is 578 g/mol. The van der Waals surface area contributed by atoms with Gasteiger partial charge in [-0.15, -0.1) is 0 Å². The van der Waals surface area contributed by atoms with E-state index in [9.17, 15) is 18.0 Å². The van der Waals surface area contributed by atoms with E-state index in [4.69, 9.17) is 0 Å². The van der Waals surface area contributed by atoms with Crippen LogP contribution in [0.25, 0.3) is 0 Å². The van der Waals surface area contributed by atoms with Gasteiger partial charge < -0.3 is 10.2 Å². The van der Waals surface area contributed by atoms with Crippen molar-refractivity contribution in [2.75, 3.05) is 10.8 Å². The molecule has 0 radical (unpaired) electrons. The van der Waals surface area contributed by atoms with Crippen LogP contribution >= 0.6 is 0 Å². The summed E-state index contributed by atoms with van der Waals surface area (Å²) in [6.07, 6.45) is 0. The molecule has 0 bridgehead atoms. The highest BCUT2D eigenvalue weighted by atomic mass is 32.2. The molecule has 1 unspecified atom stereocenters. The molecule has 8 heteroatoms. The topological polar surface area (TPSA) is 86.8 Å². The van der Waals surface area contributed by atoms with E-state index in [1.54, 1.807) is 43.3 Å². The standard InChI is InChI=1S/C33H43N3O4S/c1-23(2)28-15-17-29(18-16-28)36(41(39,40)30-19-11-25(4)12-20-30)22-31(37)35(21-27-13-9-24(3)10-14-27)26(5)32(38)34-33(6,7)8/h9-20,23,26H,21-22H2,1-8H3,(H,34,38). The fourth-order valence-electron chi connectivity index (χ4n) is 4.34. The third kappa shape index (κ3) is 8.43. The summed E-state index contributed by atoms with van der Waals surface area (Å²) < 4.78 is 29.1. The molecule has 3 aromatic rings. The Kier molecular flexibility index (Phi) is 10.0. The van der Waals surface area contributed by atoms with Gasteiger partial charge in [0.2, 0.25) is 11.8 Å². The first-order valence-corrected chi connectivity index (χ1v) is 15.4. The van der Waals surface area contributed by atoms with Gasteiger partial charge in [-0.1, -0.05) is 73.5 Å². The minimum Gasteiger partial charge on any atom is -0.350 e. The molecular formula is C33H43N3O4S. The van der Waals surface area contributed by atoms with Crippen molar-refractivity contribution in [1.82, 2.24) is 10.2 Å². The highest BCUT2D eigenvalue weighted by molar-refractivity contribution is 7.92. The molecular weight excluding hydrogens is 534 g/mol. The zero-order valence-corrected chi connectivity index (χ0v) is 26.2. The van der Waals surface area contributed by atoms with Crippen molar-refractivity contribution in [1.29, 1.82) is 0 Å². The quantitative estimate of drug-likeness (QED) is 0.322. The predicted octanol–water partition coefficient (Wildman–Crippen LogP) is 5.95. The minimum absolute atomic E-state index is 0.0902. The molecule has 0 saturated carbocycles. The van der Waals surface area contributed by atoms with Crippen LogP contribution in [0.5, 0.6) is 0 Å². The summed E-state index contributed by atoms with van der Waals surface area (Å²) in [4.78, 5) is 28.8. The lowest BCUT2D eigenvalue weighted by molar-refractivity contribution is -0.140. The maximum Gasteiger partial charge on any atom is 0.264 e. The van der Waals surface area contributed by atoms with Gasteiger partial charge in [-0.2, -0.15) is 0 Å². The molecule has 0 aliphatic heterocycles. The van der Waals surface area contributed by atoms with Gasteiger partial charge in [-0.3, -0.25) is 13.9 Å². The second-order valence-corrected chi connectivity index (χ2v) is 13.9.